The largest absolute Gasteiger partial charge is 0.462 e. The van der Waals surface area contributed by atoms with Crippen LogP contribution >= 0.6 is 0 Å². The molecule has 0 spiro atoms. The van der Waals surface area contributed by atoms with E-state index in [1.165, 1.54) is 6.42 Å². The molecule has 13 heteroatoms. The van der Waals surface area contributed by atoms with Gasteiger partial charge in [-0.05, 0) is 77.0 Å². The summed E-state index contributed by atoms with van der Waals surface area (Å²) in [7, 11) is -4.61. The van der Waals surface area contributed by atoms with Gasteiger partial charge in [-0.15, -0.1) is 0 Å². The van der Waals surface area contributed by atoms with Crippen LogP contribution in [0.5, 0.6) is 0 Å². The summed E-state index contributed by atoms with van der Waals surface area (Å²) in [4.78, 5) is 25.5. The molecule has 12 nitrogen and oxygen atoms in total. The molecule has 6 unspecified atom stereocenters. The monoisotopic (exact) mass is 895 g/mol. The van der Waals surface area contributed by atoms with Crippen molar-refractivity contribution < 1.29 is 56.8 Å². The summed E-state index contributed by atoms with van der Waals surface area (Å²) in [5.74, 6) is -2.02. The average Bonchev–Trinajstić information content (AvgIpc) is 3.24. The molecule has 0 aliphatic carbocycles. The number of aliphatic hydroxyl groups is 3. The molecule has 0 aromatic rings. The summed E-state index contributed by atoms with van der Waals surface area (Å²) >= 11 is 0. The Balaban J connectivity index is 2.44. The van der Waals surface area contributed by atoms with Gasteiger partial charge in [-0.1, -0.05) is 151 Å². The Morgan fingerprint density at radius 1 is 0.548 bits per heavy atom. The van der Waals surface area contributed by atoms with E-state index in [9.17, 15) is 37.9 Å². The fraction of sp³-hybridized carbons (Fsp3) is 0.714. The van der Waals surface area contributed by atoms with E-state index in [1.807, 2.05) is 0 Å². The zero-order chi connectivity index (χ0) is 45.5. The lowest BCUT2D eigenvalue weighted by Crippen LogP contribution is -2.60. The molecule has 0 aromatic heterocycles. The maximum atomic E-state index is 12.8. The van der Waals surface area contributed by atoms with Gasteiger partial charge in [0.2, 0.25) is 0 Å². The molecule has 0 saturated carbocycles. The lowest BCUT2D eigenvalue weighted by atomic mass is 10.00. The van der Waals surface area contributed by atoms with Gasteiger partial charge in [0.05, 0.1) is 6.61 Å². The number of carbonyl (C=O) groups is 2. The number of unbranched alkanes of at least 4 members (excludes halogenated alkanes) is 14. The van der Waals surface area contributed by atoms with Gasteiger partial charge in [0.15, 0.2) is 12.4 Å². The molecule has 1 heterocycles. The van der Waals surface area contributed by atoms with E-state index < -0.39 is 71.2 Å². The molecule has 1 saturated heterocycles. The van der Waals surface area contributed by atoms with Gasteiger partial charge < -0.3 is 34.3 Å². The van der Waals surface area contributed by atoms with Gasteiger partial charge in [0.25, 0.3) is 10.1 Å². The van der Waals surface area contributed by atoms with Crippen molar-refractivity contribution in [3.8, 4) is 0 Å². The van der Waals surface area contributed by atoms with Crippen LogP contribution in [0.25, 0.3) is 0 Å². The van der Waals surface area contributed by atoms with E-state index in [0.29, 0.717) is 12.8 Å². The van der Waals surface area contributed by atoms with Crippen molar-refractivity contribution in [2.75, 3.05) is 19.0 Å². The lowest BCUT2D eigenvalue weighted by Gasteiger charge is -2.40. The third-order valence-corrected chi connectivity index (χ3v) is 11.0. The van der Waals surface area contributed by atoms with Crippen LogP contribution < -0.4 is 0 Å². The smallest absolute Gasteiger partial charge is 0.306 e. The van der Waals surface area contributed by atoms with E-state index in [0.717, 1.165) is 122 Å². The first kappa shape index (κ1) is 57.1. The minimum absolute atomic E-state index is 0.147. The number of aliphatic hydroxyl groups excluding tert-OH is 3. The minimum Gasteiger partial charge on any atom is -0.462 e. The van der Waals surface area contributed by atoms with Gasteiger partial charge >= 0.3 is 11.9 Å². The molecule has 1 aliphatic rings. The topological polar surface area (TPSA) is 186 Å². The van der Waals surface area contributed by atoms with Crippen molar-refractivity contribution in [1.29, 1.82) is 0 Å². The van der Waals surface area contributed by atoms with E-state index in [-0.39, 0.29) is 19.4 Å². The molecule has 6 atom stereocenters. The van der Waals surface area contributed by atoms with Crippen LogP contribution in [-0.4, -0.2) is 96.0 Å². The zero-order valence-electron chi connectivity index (χ0n) is 37.9. The molecular formula is C49H82O12S. The molecule has 0 radical (unpaired) electrons. The predicted octanol–water partition coefficient (Wildman–Crippen LogP) is 9.89. The fourth-order valence-corrected chi connectivity index (χ4v) is 7.40. The maximum absolute atomic E-state index is 12.8. The Morgan fingerprint density at radius 2 is 0.968 bits per heavy atom. The van der Waals surface area contributed by atoms with Crippen LogP contribution in [0, 0.1) is 0 Å². The van der Waals surface area contributed by atoms with Crippen molar-refractivity contribution >= 4 is 22.1 Å². The Labute approximate surface area is 374 Å². The summed E-state index contributed by atoms with van der Waals surface area (Å²) in [6, 6.07) is 0. The minimum atomic E-state index is -4.61. The second-order valence-electron chi connectivity index (χ2n) is 16.0. The summed E-state index contributed by atoms with van der Waals surface area (Å²) < 4.78 is 54.1. The second-order valence-corrected chi connectivity index (χ2v) is 17.5. The first-order valence-corrected chi connectivity index (χ1v) is 25.1. The number of hydrogen-bond acceptors (Lipinski definition) is 11. The molecule has 1 aliphatic heterocycles. The Morgan fingerprint density at radius 3 is 1.44 bits per heavy atom. The van der Waals surface area contributed by atoms with Crippen molar-refractivity contribution in [2.24, 2.45) is 0 Å². The standard InChI is InChI=1S/C49H82O12S/c1-3-5-7-9-11-13-15-17-19-21-23-25-27-29-31-33-35-37-44(50)58-39-42(40-59-49-48(54)47(53)46(52)43(61-49)41-62(55,56)57)60-45(51)38-36-34-32-30-28-26-24-22-20-18-16-14-12-10-8-6-4-2/h5-8,11-14,17-20,42-43,46-49,52-54H,3-4,9-10,15-16,21-41H2,1-2H3,(H,55,56,57)/b7-5-,8-6-,13-11-,14-12-,19-17-,20-18-. The van der Waals surface area contributed by atoms with Crippen molar-refractivity contribution in [3.05, 3.63) is 72.9 Å². The van der Waals surface area contributed by atoms with E-state index >= 15 is 0 Å². The molecule has 4 N–H and O–H groups in total. The van der Waals surface area contributed by atoms with Crippen LogP contribution in [0.3, 0.4) is 0 Å². The number of rotatable bonds is 38. The SMILES string of the molecule is CC/C=C\C/C=C\C/C=C\CCCCCCCCCC(=O)OCC(COC1OC(CS(=O)(=O)O)C(O)C(O)C1O)OC(=O)CCCCCCCCC/C=C\C/C=C\C/C=C\CC. The van der Waals surface area contributed by atoms with Crippen LogP contribution in [0.2, 0.25) is 0 Å². The number of carbonyl (C=O) groups excluding carboxylic acids is 2. The van der Waals surface area contributed by atoms with E-state index in [4.69, 9.17) is 18.9 Å². The first-order valence-electron chi connectivity index (χ1n) is 23.5. The quantitative estimate of drug-likeness (QED) is 0.0199. The lowest BCUT2D eigenvalue weighted by molar-refractivity contribution is -0.297. The van der Waals surface area contributed by atoms with Crippen LogP contribution in [0.1, 0.15) is 168 Å². The molecule has 0 aromatic carbocycles. The zero-order valence-corrected chi connectivity index (χ0v) is 38.8. The summed E-state index contributed by atoms with van der Waals surface area (Å²) in [6.45, 7) is 3.52. The summed E-state index contributed by atoms with van der Waals surface area (Å²) in [6.07, 6.45) is 39.4. The number of esters is 2. The molecule has 0 bridgehead atoms. The van der Waals surface area contributed by atoms with Gasteiger partial charge in [0.1, 0.15) is 36.8 Å². The van der Waals surface area contributed by atoms with Crippen LogP contribution in [-0.2, 0) is 38.7 Å². The van der Waals surface area contributed by atoms with Gasteiger partial charge in [-0.25, -0.2) is 0 Å². The van der Waals surface area contributed by atoms with Crippen LogP contribution in [0.15, 0.2) is 72.9 Å². The normalized spacial score (nSPS) is 20.5. The summed E-state index contributed by atoms with van der Waals surface area (Å²) in [5, 5.41) is 30.9. The summed E-state index contributed by atoms with van der Waals surface area (Å²) in [5.41, 5.74) is 0. The number of allylic oxidation sites excluding steroid dienone is 12. The Kier molecular flexibility index (Phi) is 35.5. The van der Waals surface area contributed by atoms with Gasteiger partial charge in [0, 0.05) is 12.8 Å². The van der Waals surface area contributed by atoms with Crippen molar-refractivity contribution in [3.63, 3.8) is 0 Å². The third-order valence-electron chi connectivity index (χ3n) is 10.3. The van der Waals surface area contributed by atoms with Crippen molar-refractivity contribution in [2.45, 2.75) is 205 Å². The maximum Gasteiger partial charge on any atom is 0.306 e. The predicted molar refractivity (Wildman–Crippen MR) is 247 cm³/mol. The molecular weight excluding hydrogens is 813 g/mol. The molecule has 62 heavy (non-hydrogen) atoms. The molecule has 1 rings (SSSR count). The van der Waals surface area contributed by atoms with Crippen molar-refractivity contribution in [1.82, 2.24) is 0 Å². The Hall–Kier alpha value is -2.91. The highest BCUT2D eigenvalue weighted by Crippen LogP contribution is 2.24. The van der Waals surface area contributed by atoms with Crippen LogP contribution in [0.4, 0.5) is 0 Å². The first-order chi connectivity index (χ1) is 30.0. The highest BCUT2D eigenvalue weighted by Gasteiger charge is 2.46. The highest BCUT2D eigenvalue weighted by atomic mass is 32.2. The molecule has 1 fully saturated rings. The second kappa shape index (κ2) is 38.5. The fourth-order valence-electron chi connectivity index (χ4n) is 6.70. The van der Waals surface area contributed by atoms with E-state index in [2.05, 4.69) is 86.8 Å². The van der Waals surface area contributed by atoms with Gasteiger partial charge in [-0.2, -0.15) is 8.42 Å². The molecule has 0 amide bonds. The third kappa shape index (κ3) is 32.7. The number of hydrogen-bond donors (Lipinski definition) is 4. The van der Waals surface area contributed by atoms with E-state index in [1.54, 1.807) is 0 Å². The average molecular weight is 895 g/mol. The van der Waals surface area contributed by atoms with Gasteiger partial charge in [-0.3, -0.25) is 14.1 Å². The molecule has 356 valence electrons. The number of ether oxygens (including phenoxy) is 4. The Bertz CT molecular complexity index is 1420. The highest BCUT2D eigenvalue weighted by molar-refractivity contribution is 7.85.